The van der Waals surface area contributed by atoms with Gasteiger partial charge in [0.2, 0.25) is 0 Å². The molecule has 4 nitrogen and oxygen atoms in total. The number of nitrogens with one attached hydrogen (secondary N) is 1. The van der Waals surface area contributed by atoms with Crippen molar-refractivity contribution in [3.05, 3.63) is 36.0 Å². The molecule has 1 amide bonds. The first-order valence-electron chi connectivity index (χ1n) is 7.83. The number of aromatic amines is 1. The number of amides is 1. The van der Waals surface area contributed by atoms with Gasteiger partial charge in [-0.3, -0.25) is 4.79 Å². The van der Waals surface area contributed by atoms with Crippen LogP contribution in [0.3, 0.4) is 0 Å². The number of H-pyrrole nitrogens is 1. The van der Waals surface area contributed by atoms with Gasteiger partial charge in [-0.05, 0) is 25.0 Å². The summed E-state index contributed by atoms with van der Waals surface area (Å²) >= 11 is 0. The van der Waals surface area contributed by atoms with Crippen LogP contribution in [0.4, 0.5) is 0 Å². The predicted octanol–water partition coefficient (Wildman–Crippen LogP) is 2.95. The first-order chi connectivity index (χ1) is 10.3. The number of para-hydroxylation sites is 1. The lowest BCUT2D eigenvalue weighted by molar-refractivity contribution is -0.0754. The molecule has 110 valence electrons. The molecular weight excluding hydrogens is 264 g/mol. The van der Waals surface area contributed by atoms with Crippen molar-refractivity contribution in [2.75, 3.05) is 13.2 Å². The maximum absolute atomic E-state index is 12.9. The van der Waals surface area contributed by atoms with E-state index in [0.717, 1.165) is 23.7 Å². The lowest BCUT2D eigenvalue weighted by atomic mass is 9.90. The molecule has 2 aliphatic rings. The molecule has 0 unspecified atom stereocenters. The molecule has 2 heterocycles. The van der Waals surface area contributed by atoms with Crippen LogP contribution in [0, 0.1) is 0 Å². The van der Waals surface area contributed by atoms with Crippen molar-refractivity contribution >= 4 is 16.8 Å². The van der Waals surface area contributed by atoms with E-state index in [1.54, 1.807) is 0 Å². The fourth-order valence-corrected chi connectivity index (χ4v) is 3.69. The van der Waals surface area contributed by atoms with Crippen molar-refractivity contribution in [2.24, 2.45) is 0 Å². The Morgan fingerprint density at radius 3 is 3.00 bits per heavy atom. The molecule has 2 fully saturated rings. The normalized spacial score (nSPS) is 25.8. The Kier molecular flexibility index (Phi) is 3.19. The number of aromatic nitrogens is 1. The highest BCUT2D eigenvalue weighted by Gasteiger charge is 2.37. The SMILES string of the molecule is O=C(c1cc2ccccc2[nH]1)N1CCO[C@H]2CCCC[C@H]21. The van der Waals surface area contributed by atoms with Crippen molar-refractivity contribution in [3.8, 4) is 0 Å². The summed E-state index contributed by atoms with van der Waals surface area (Å²) in [6, 6.07) is 10.2. The molecule has 1 aliphatic carbocycles. The molecule has 1 saturated carbocycles. The fourth-order valence-electron chi connectivity index (χ4n) is 3.69. The van der Waals surface area contributed by atoms with Gasteiger partial charge in [0.25, 0.3) is 5.91 Å². The molecule has 1 aromatic carbocycles. The zero-order chi connectivity index (χ0) is 14.2. The molecule has 2 aromatic rings. The molecular formula is C17H20N2O2. The summed E-state index contributed by atoms with van der Waals surface area (Å²) in [6.45, 7) is 1.36. The van der Waals surface area contributed by atoms with E-state index in [2.05, 4.69) is 4.98 Å². The Balaban J connectivity index is 1.63. The number of morpholine rings is 1. The van der Waals surface area contributed by atoms with Crippen LogP contribution in [0.1, 0.15) is 36.2 Å². The Hall–Kier alpha value is -1.81. The number of hydrogen-bond donors (Lipinski definition) is 1. The van der Waals surface area contributed by atoms with Gasteiger partial charge in [0.05, 0.1) is 18.8 Å². The summed E-state index contributed by atoms with van der Waals surface area (Å²) in [4.78, 5) is 18.1. The molecule has 1 N–H and O–H groups in total. The topological polar surface area (TPSA) is 45.3 Å². The van der Waals surface area contributed by atoms with Gasteiger partial charge in [0.1, 0.15) is 5.69 Å². The Labute approximate surface area is 124 Å². The number of benzene rings is 1. The fraction of sp³-hybridized carbons (Fsp3) is 0.471. The van der Waals surface area contributed by atoms with Gasteiger partial charge in [0.15, 0.2) is 0 Å². The van der Waals surface area contributed by atoms with E-state index in [0.29, 0.717) is 18.8 Å². The zero-order valence-electron chi connectivity index (χ0n) is 12.0. The van der Waals surface area contributed by atoms with Crippen LogP contribution in [0.25, 0.3) is 10.9 Å². The lowest BCUT2D eigenvalue weighted by Gasteiger charge is -2.43. The van der Waals surface area contributed by atoms with Crippen molar-refractivity contribution < 1.29 is 9.53 Å². The maximum Gasteiger partial charge on any atom is 0.270 e. The number of hydrogen-bond acceptors (Lipinski definition) is 2. The highest BCUT2D eigenvalue weighted by Crippen LogP contribution is 2.29. The quantitative estimate of drug-likeness (QED) is 0.875. The van der Waals surface area contributed by atoms with Crippen molar-refractivity contribution in [3.63, 3.8) is 0 Å². The third-order valence-corrected chi connectivity index (χ3v) is 4.75. The van der Waals surface area contributed by atoms with E-state index in [9.17, 15) is 4.79 Å². The number of rotatable bonds is 1. The Morgan fingerprint density at radius 2 is 2.10 bits per heavy atom. The van der Waals surface area contributed by atoms with Gasteiger partial charge in [-0.25, -0.2) is 0 Å². The minimum atomic E-state index is 0.117. The van der Waals surface area contributed by atoms with Crippen LogP contribution in [-0.4, -0.2) is 41.1 Å². The summed E-state index contributed by atoms with van der Waals surface area (Å²) in [5, 5.41) is 1.09. The maximum atomic E-state index is 12.9. The lowest BCUT2D eigenvalue weighted by Crippen LogP contribution is -2.54. The van der Waals surface area contributed by atoms with E-state index in [1.165, 1.54) is 12.8 Å². The average molecular weight is 284 g/mol. The van der Waals surface area contributed by atoms with Crippen LogP contribution in [0.15, 0.2) is 30.3 Å². The third-order valence-electron chi connectivity index (χ3n) is 4.75. The molecule has 4 rings (SSSR count). The van der Waals surface area contributed by atoms with Crippen molar-refractivity contribution in [2.45, 2.75) is 37.8 Å². The van der Waals surface area contributed by atoms with Crippen molar-refractivity contribution in [1.29, 1.82) is 0 Å². The number of fused-ring (bicyclic) bond motifs is 2. The molecule has 21 heavy (non-hydrogen) atoms. The largest absolute Gasteiger partial charge is 0.374 e. The number of nitrogens with zero attached hydrogens (tertiary/aromatic N) is 1. The van der Waals surface area contributed by atoms with Gasteiger partial charge < -0.3 is 14.6 Å². The van der Waals surface area contributed by atoms with Crippen LogP contribution in [0.2, 0.25) is 0 Å². The predicted molar refractivity (Wildman–Crippen MR) is 81.3 cm³/mol. The smallest absolute Gasteiger partial charge is 0.270 e. The summed E-state index contributed by atoms with van der Waals surface area (Å²) in [7, 11) is 0. The van der Waals surface area contributed by atoms with Gasteiger partial charge in [0, 0.05) is 17.4 Å². The van der Waals surface area contributed by atoms with Gasteiger partial charge in [-0.15, -0.1) is 0 Å². The third kappa shape index (κ3) is 2.23. The summed E-state index contributed by atoms with van der Waals surface area (Å²) in [6.07, 6.45) is 4.80. The van der Waals surface area contributed by atoms with Gasteiger partial charge in [-0.1, -0.05) is 31.0 Å². The van der Waals surface area contributed by atoms with E-state index in [1.807, 2.05) is 35.2 Å². The number of carbonyl (C=O) groups excluding carboxylic acids is 1. The second kappa shape index (κ2) is 5.19. The summed E-state index contributed by atoms with van der Waals surface area (Å²) in [5.74, 6) is 0.117. The molecule has 0 radical (unpaired) electrons. The molecule has 2 atom stereocenters. The molecule has 0 bridgehead atoms. The minimum Gasteiger partial charge on any atom is -0.374 e. The van der Waals surface area contributed by atoms with E-state index >= 15 is 0 Å². The Morgan fingerprint density at radius 1 is 1.24 bits per heavy atom. The minimum absolute atomic E-state index is 0.117. The van der Waals surface area contributed by atoms with E-state index in [4.69, 9.17) is 4.74 Å². The average Bonchev–Trinajstić information content (AvgIpc) is 2.97. The highest BCUT2D eigenvalue weighted by atomic mass is 16.5. The molecule has 4 heteroatoms. The highest BCUT2D eigenvalue weighted by molar-refractivity contribution is 5.98. The zero-order valence-corrected chi connectivity index (χ0v) is 12.0. The van der Waals surface area contributed by atoms with E-state index in [-0.39, 0.29) is 18.1 Å². The molecule has 0 spiro atoms. The van der Waals surface area contributed by atoms with Crippen LogP contribution in [0.5, 0.6) is 0 Å². The molecule has 1 aromatic heterocycles. The van der Waals surface area contributed by atoms with Gasteiger partial charge >= 0.3 is 0 Å². The van der Waals surface area contributed by atoms with Gasteiger partial charge in [-0.2, -0.15) is 0 Å². The second-order valence-corrected chi connectivity index (χ2v) is 6.03. The standard InChI is InChI=1S/C17H20N2O2/c20-17(14-11-12-5-1-2-6-13(12)18-14)19-9-10-21-16-8-4-3-7-15(16)19/h1-2,5-6,11,15-16,18H,3-4,7-10H2/t15-,16+/m1/s1. The van der Waals surface area contributed by atoms with Crippen LogP contribution >= 0.6 is 0 Å². The first kappa shape index (κ1) is 12.9. The summed E-state index contributed by atoms with van der Waals surface area (Å²) < 4.78 is 5.85. The molecule has 1 aliphatic heterocycles. The van der Waals surface area contributed by atoms with E-state index < -0.39 is 0 Å². The Bertz CT molecular complexity index is 629. The molecule has 1 saturated heterocycles. The van der Waals surface area contributed by atoms with Crippen molar-refractivity contribution in [1.82, 2.24) is 9.88 Å². The second-order valence-electron chi connectivity index (χ2n) is 6.03. The number of ether oxygens (including phenoxy) is 1. The monoisotopic (exact) mass is 284 g/mol. The first-order valence-corrected chi connectivity index (χ1v) is 7.83. The summed E-state index contributed by atoms with van der Waals surface area (Å²) in [5.41, 5.74) is 1.72. The number of carbonyl (C=O) groups is 1. The van der Waals surface area contributed by atoms with Crippen LogP contribution in [-0.2, 0) is 4.74 Å². The van der Waals surface area contributed by atoms with Crippen LogP contribution < -0.4 is 0 Å².